The lowest BCUT2D eigenvalue weighted by Crippen LogP contribution is -2.15. The molecule has 0 radical (unpaired) electrons. The van der Waals surface area contributed by atoms with E-state index in [1.54, 1.807) is 30.7 Å². The molecule has 5 rings (SSSR count). The number of hydrogen-bond donors (Lipinski definition) is 1. The summed E-state index contributed by atoms with van der Waals surface area (Å²) in [6.07, 6.45) is 6.05. The van der Waals surface area contributed by atoms with Crippen molar-refractivity contribution in [2.75, 3.05) is 11.4 Å². The first-order chi connectivity index (χ1) is 13.7. The van der Waals surface area contributed by atoms with Crippen LogP contribution in [-0.4, -0.2) is 26.6 Å². The topological polar surface area (TPSA) is 62.1 Å². The number of nitrogens with zero attached hydrogens (tertiary/aromatic N) is 4. The molecule has 0 fully saturated rings. The van der Waals surface area contributed by atoms with E-state index in [4.69, 9.17) is 0 Å². The minimum Gasteiger partial charge on any atom is -0.508 e. The third kappa shape index (κ3) is 2.60. The van der Waals surface area contributed by atoms with E-state index >= 15 is 0 Å². The first-order valence-electron chi connectivity index (χ1n) is 9.16. The molecule has 0 saturated carbocycles. The molecule has 1 N–H and O–H groups in total. The molecule has 0 aliphatic carbocycles. The van der Waals surface area contributed by atoms with Crippen LogP contribution in [-0.2, 0) is 6.42 Å². The molecule has 0 bridgehead atoms. The average Bonchev–Trinajstić information content (AvgIpc) is 3.17. The Bertz CT molecular complexity index is 1220. The minimum atomic E-state index is 0.272. The number of anilines is 2. The largest absolute Gasteiger partial charge is 0.508 e. The van der Waals surface area contributed by atoms with Crippen LogP contribution in [0.3, 0.4) is 0 Å². The zero-order valence-corrected chi connectivity index (χ0v) is 15.2. The third-order valence-corrected chi connectivity index (χ3v) is 5.15. The van der Waals surface area contributed by atoms with E-state index in [-0.39, 0.29) is 5.75 Å². The molecule has 3 heterocycles. The first-order valence-corrected chi connectivity index (χ1v) is 9.16. The zero-order chi connectivity index (χ0) is 19.1. The molecule has 1 aliphatic rings. The lowest BCUT2D eigenvalue weighted by Gasteiger charge is -2.20. The lowest BCUT2D eigenvalue weighted by atomic mass is 9.98. The molecule has 0 amide bonds. The van der Waals surface area contributed by atoms with Crippen LogP contribution in [0.4, 0.5) is 11.5 Å². The second kappa shape index (κ2) is 6.46. The van der Waals surface area contributed by atoms with Gasteiger partial charge in [-0.2, -0.15) is 0 Å². The Kier molecular flexibility index (Phi) is 3.79. The van der Waals surface area contributed by atoms with Gasteiger partial charge in [-0.1, -0.05) is 36.9 Å². The molecule has 0 spiro atoms. The van der Waals surface area contributed by atoms with E-state index in [2.05, 4.69) is 38.6 Å². The fourth-order valence-corrected chi connectivity index (χ4v) is 3.85. The number of phenolic OH excluding ortho intramolecular Hbond substituents is 1. The van der Waals surface area contributed by atoms with Gasteiger partial charge in [-0.05, 0) is 52.9 Å². The maximum Gasteiger partial charge on any atom is 0.163 e. The predicted molar refractivity (Wildman–Crippen MR) is 112 cm³/mol. The summed E-state index contributed by atoms with van der Waals surface area (Å²) >= 11 is 0. The Morgan fingerprint density at radius 1 is 1.04 bits per heavy atom. The first kappa shape index (κ1) is 16.4. The van der Waals surface area contributed by atoms with Crippen LogP contribution in [0.15, 0.2) is 67.6 Å². The van der Waals surface area contributed by atoms with Gasteiger partial charge in [0.05, 0.1) is 5.52 Å². The summed E-state index contributed by atoms with van der Waals surface area (Å²) in [5.74, 6) is 1.08. The van der Waals surface area contributed by atoms with Crippen molar-refractivity contribution in [2.24, 2.45) is 0 Å². The number of benzene rings is 2. The molecular weight excluding hydrogens is 348 g/mol. The monoisotopic (exact) mass is 366 g/mol. The van der Waals surface area contributed by atoms with Gasteiger partial charge in [0, 0.05) is 18.4 Å². The second-order valence-corrected chi connectivity index (χ2v) is 6.79. The summed E-state index contributed by atoms with van der Waals surface area (Å²) in [6.45, 7) is 4.62. The highest BCUT2D eigenvalue weighted by atomic mass is 16.3. The Labute approximate surface area is 162 Å². The van der Waals surface area contributed by atoms with Crippen molar-refractivity contribution in [2.45, 2.75) is 6.42 Å². The van der Waals surface area contributed by atoms with Crippen molar-refractivity contribution in [3.63, 3.8) is 0 Å². The predicted octanol–water partition coefficient (Wildman–Crippen LogP) is 4.73. The normalized spacial score (nSPS) is 12.9. The minimum absolute atomic E-state index is 0.272. The van der Waals surface area contributed by atoms with E-state index in [9.17, 15) is 5.11 Å². The number of aromatic nitrogens is 3. The van der Waals surface area contributed by atoms with E-state index in [1.807, 2.05) is 24.3 Å². The molecule has 5 heteroatoms. The molecule has 0 atom stereocenters. The van der Waals surface area contributed by atoms with Gasteiger partial charge in [-0.3, -0.25) is 4.98 Å². The van der Waals surface area contributed by atoms with E-state index in [1.165, 1.54) is 5.56 Å². The van der Waals surface area contributed by atoms with Gasteiger partial charge < -0.3 is 10.0 Å². The number of fused-ring (bicyclic) bond motifs is 2. The SMILES string of the molecule is C=Cc1cnc2c(N3CCc4c(-c5cccc(O)c5)cccc43)ncnc2c1. The Balaban J connectivity index is 1.64. The van der Waals surface area contributed by atoms with Crippen LogP contribution in [0.1, 0.15) is 11.1 Å². The summed E-state index contributed by atoms with van der Waals surface area (Å²) in [5.41, 5.74) is 7.04. The van der Waals surface area contributed by atoms with Crippen LogP contribution >= 0.6 is 0 Å². The standard InChI is InChI=1S/C23H18N4O/c1-2-15-11-20-22(24-13-15)23(26-14-25-20)27-10-9-19-18(7-4-8-21(19)27)16-5-3-6-17(28)12-16/h2-8,11-14,28H,1,9-10H2. The molecule has 0 saturated heterocycles. The van der Waals surface area contributed by atoms with Crippen molar-refractivity contribution in [3.8, 4) is 16.9 Å². The maximum atomic E-state index is 9.87. The quantitative estimate of drug-likeness (QED) is 0.568. The van der Waals surface area contributed by atoms with E-state index < -0.39 is 0 Å². The Morgan fingerprint density at radius 2 is 1.93 bits per heavy atom. The Morgan fingerprint density at radius 3 is 2.79 bits per heavy atom. The van der Waals surface area contributed by atoms with Crippen molar-refractivity contribution in [3.05, 3.63) is 78.8 Å². The number of hydrogen-bond acceptors (Lipinski definition) is 5. The molecule has 2 aromatic heterocycles. The van der Waals surface area contributed by atoms with Crippen LogP contribution in [0, 0.1) is 0 Å². The smallest absolute Gasteiger partial charge is 0.163 e. The molecule has 136 valence electrons. The molecule has 5 nitrogen and oxygen atoms in total. The zero-order valence-electron chi connectivity index (χ0n) is 15.2. The number of pyridine rings is 1. The highest BCUT2D eigenvalue weighted by molar-refractivity contribution is 5.91. The van der Waals surface area contributed by atoms with Gasteiger partial charge >= 0.3 is 0 Å². The number of phenols is 1. The van der Waals surface area contributed by atoms with E-state index in [0.29, 0.717) is 0 Å². The van der Waals surface area contributed by atoms with Gasteiger partial charge in [0.25, 0.3) is 0 Å². The van der Waals surface area contributed by atoms with Crippen LogP contribution in [0.2, 0.25) is 0 Å². The van der Waals surface area contributed by atoms with Crippen LogP contribution < -0.4 is 4.90 Å². The maximum absolute atomic E-state index is 9.87. The lowest BCUT2D eigenvalue weighted by molar-refractivity contribution is 0.475. The molecule has 28 heavy (non-hydrogen) atoms. The summed E-state index contributed by atoms with van der Waals surface area (Å²) in [5, 5.41) is 9.87. The van der Waals surface area contributed by atoms with Crippen molar-refractivity contribution in [1.82, 2.24) is 15.0 Å². The fourth-order valence-electron chi connectivity index (χ4n) is 3.85. The van der Waals surface area contributed by atoms with E-state index in [0.717, 1.165) is 52.2 Å². The summed E-state index contributed by atoms with van der Waals surface area (Å²) in [6, 6.07) is 15.6. The van der Waals surface area contributed by atoms with Crippen molar-refractivity contribution < 1.29 is 5.11 Å². The fraction of sp³-hybridized carbons (Fsp3) is 0.0870. The summed E-state index contributed by atoms with van der Waals surface area (Å²) < 4.78 is 0. The average molecular weight is 366 g/mol. The van der Waals surface area contributed by atoms with Gasteiger partial charge in [0.2, 0.25) is 0 Å². The van der Waals surface area contributed by atoms with Crippen LogP contribution in [0.5, 0.6) is 5.75 Å². The summed E-state index contributed by atoms with van der Waals surface area (Å²) in [7, 11) is 0. The van der Waals surface area contributed by atoms with Gasteiger partial charge in [0.1, 0.15) is 17.6 Å². The van der Waals surface area contributed by atoms with Crippen molar-refractivity contribution >= 4 is 28.6 Å². The van der Waals surface area contributed by atoms with Gasteiger partial charge in [-0.15, -0.1) is 0 Å². The van der Waals surface area contributed by atoms with Crippen molar-refractivity contribution in [1.29, 1.82) is 0 Å². The third-order valence-electron chi connectivity index (χ3n) is 5.15. The number of aromatic hydroxyl groups is 1. The molecule has 4 aromatic rings. The highest BCUT2D eigenvalue weighted by Crippen LogP contribution is 2.41. The highest BCUT2D eigenvalue weighted by Gasteiger charge is 2.26. The second-order valence-electron chi connectivity index (χ2n) is 6.79. The molecular formula is C23H18N4O. The van der Waals surface area contributed by atoms with Gasteiger partial charge in [0.15, 0.2) is 5.82 Å². The molecule has 0 unspecified atom stereocenters. The molecule has 1 aliphatic heterocycles. The summed E-state index contributed by atoms with van der Waals surface area (Å²) in [4.78, 5) is 15.7. The van der Waals surface area contributed by atoms with Gasteiger partial charge in [-0.25, -0.2) is 9.97 Å². The van der Waals surface area contributed by atoms with Crippen LogP contribution in [0.25, 0.3) is 28.2 Å². The Hall–Kier alpha value is -3.73. The number of rotatable bonds is 3. The molecule has 2 aromatic carbocycles.